The van der Waals surface area contributed by atoms with Crippen LogP contribution in [0.3, 0.4) is 0 Å². The van der Waals surface area contributed by atoms with E-state index in [1.807, 2.05) is 35.9 Å². The first kappa shape index (κ1) is 11.3. The van der Waals surface area contributed by atoms with Crippen LogP contribution in [0.25, 0.3) is 5.65 Å². The van der Waals surface area contributed by atoms with Crippen molar-refractivity contribution in [2.24, 2.45) is 11.8 Å². The minimum absolute atomic E-state index is 0.163. The van der Waals surface area contributed by atoms with Crippen molar-refractivity contribution in [3.63, 3.8) is 0 Å². The van der Waals surface area contributed by atoms with Gasteiger partial charge in [0.1, 0.15) is 5.65 Å². The van der Waals surface area contributed by atoms with Crippen LogP contribution >= 0.6 is 0 Å². The molecule has 1 fully saturated rings. The molecule has 0 radical (unpaired) electrons. The third-order valence-electron chi connectivity index (χ3n) is 3.56. The predicted molar refractivity (Wildman–Crippen MR) is 69.0 cm³/mol. The average molecular weight is 243 g/mol. The van der Waals surface area contributed by atoms with Crippen LogP contribution in [0, 0.1) is 18.8 Å². The van der Waals surface area contributed by atoms with Crippen molar-refractivity contribution in [1.82, 2.24) is 14.7 Å². The Morgan fingerprint density at radius 1 is 1.61 bits per heavy atom. The molecule has 94 valence electrons. The quantitative estimate of drug-likeness (QED) is 0.895. The zero-order valence-corrected chi connectivity index (χ0v) is 10.7. The summed E-state index contributed by atoms with van der Waals surface area (Å²) in [7, 11) is 0. The number of carbonyl (C=O) groups excluding carboxylic acids is 1. The first-order chi connectivity index (χ1) is 8.63. The molecule has 2 atom stereocenters. The first-order valence-electron chi connectivity index (χ1n) is 6.35. The van der Waals surface area contributed by atoms with E-state index < -0.39 is 0 Å². The summed E-state index contributed by atoms with van der Waals surface area (Å²) < 4.78 is 1.98. The van der Waals surface area contributed by atoms with E-state index in [9.17, 15) is 4.79 Å². The van der Waals surface area contributed by atoms with Crippen molar-refractivity contribution in [3.8, 4) is 0 Å². The second kappa shape index (κ2) is 4.12. The summed E-state index contributed by atoms with van der Waals surface area (Å²) in [5.74, 6) is 0.939. The van der Waals surface area contributed by atoms with Crippen LogP contribution in [-0.2, 0) is 11.3 Å². The molecule has 1 aliphatic carbocycles. The maximum absolute atomic E-state index is 11.7. The fraction of sp³-hybridized carbons (Fsp3) is 0.429. The molecule has 0 aliphatic heterocycles. The number of imidazole rings is 1. The highest BCUT2D eigenvalue weighted by Crippen LogP contribution is 2.37. The summed E-state index contributed by atoms with van der Waals surface area (Å²) >= 11 is 0. The zero-order chi connectivity index (χ0) is 12.7. The first-order valence-corrected chi connectivity index (χ1v) is 6.35. The van der Waals surface area contributed by atoms with E-state index in [0.717, 1.165) is 17.8 Å². The molecule has 0 aromatic carbocycles. The number of rotatable bonds is 3. The number of aromatic nitrogens is 2. The predicted octanol–water partition coefficient (Wildman–Crippen LogP) is 1.91. The number of carbonyl (C=O) groups is 1. The highest BCUT2D eigenvalue weighted by Gasteiger charge is 2.38. The molecule has 2 aromatic heterocycles. The van der Waals surface area contributed by atoms with E-state index in [-0.39, 0.29) is 11.8 Å². The second-order valence-electron chi connectivity index (χ2n) is 5.24. The molecule has 0 bridgehead atoms. The highest BCUT2D eigenvalue weighted by molar-refractivity contribution is 5.81. The fourth-order valence-electron chi connectivity index (χ4n) is 2.22. The Bertz CT molecular complexity index is 602. The Kier molecular flexibility index (Phi) is 2.58. The lowest BCUT2D eigenvalue weighted by molar-refractivity contribution is -0.122. The molecule has 18 heavy (non-hydrogen) atoms. The van der Waals surface area contributed by atoms with Gasteiger partial charge in [-0.1, -0.05) is 6.92 Å². The fourth-order valence-corrected chi connectivity index (χ4v) is 2.22. The number of hydrogen-bond acceptors (Lipinski definition) is 2. The molecule has 1 amide bonds. The van der Waals surface area contributed by atoms with E-state index in [1.165, 1.54) is 5.56 Å². The van der Waals surface area contributed by atoms with Gasteiger partial charge in [0, 0.05) is 18.3 Å². The van der Waals surface area contributed by atoms with Gasteiger partial charge in [0.05, 0.1) is 12.2 Å². The van der Waals surface area contributed by atoms with Crippen molar-refractivity contribution < 1.29 is 4.79 Å². The number of fused-ring (bicyclic) bond motifs is 1. The van der Waals surface area contributed by atoms with Gasteiger partial charge in [0.2, 0.25) is 5.91 Å². The van der Waals surface area contributed by atoms with Crippen molar-refractivity contribution in [2.45, 2.75) is 26.8 Å². The van der Waals surface area contributed by atoms with Gasteiger partial charge in [-0.25, -0.2) is 4.98 Å². The van der Waals surface area contributed by atoms with E-state index in [0.29, 0.717) is 12.5 Å². The summed E-state index contributed by atoms with van der Waals surface area (Å²) in [6.45, 7) is 4.67. The maximum Gasteiger partial charge on any atom is 0.223 e. The van der Waals surface area contributed by atoms with E-state index >= 15 is 0 Å². The standard InChI is InChI=1S/C14H17N3O/c1-9-3-4-17-8-11(16-13(17)5-9)7-15-14(18)12-6-10(12)2/h3-5,8,10,12H,6-7H2,1-2H3,(H,15,18). The Morgan fingerprint density at radius 2 is 2.39 bits per heavy atom. The molecule has 2 aromatic rings. The Hall–Kier alpha value is -1.84. The number of nitrogens with zero attached hydrogens (tertiary/aromatic N) is 2. The lowest BCUT2D eigenvalue weighted by Gasteiger charge is -2.00. The van der Waals surface area contributed by atoms with Crippen LogP contribution in [0.2, 0.25) is 0 Å². The van der Waals surface area contributed by atoms with Gasteiger partial charge >= 0.3 is 0 Å². The number of aryl methyl sites for hydroxylation is 1. The number of nitrogens with one attached hydrogen (secondary N) is 1. The van der Waals surface area contributed by atoms with Gasteiger partial charge < -0.3 is 9.72 Å². The zero-order valence-electron chi connectivity index (χ0n) is 10.7. The van der Waals surface area contributed by atoms with Gasteiger partial charge in [-0.3, -0.25) is 4.79 Å². The third kappa shape index (κ3) is 2.10. The van der Waals surface area contributed by atoms with Gasteiger partial charge in [0.15, 0.2) is 0 Å². The molecule has 0 saturated heterocycles. The lowest BCUT2D eigenvalue weighted by Crippen LogP contribution is -2.24. The van der Waals surface area contributed by atoms with Crippen LogP contribution in [-0.4, -0.2) is 15.3 Å². The van der Waals surface area contributed by atoms with Crippen LogP contribution in [0.4, 0.5) is 0 Å². The van der Waals surface area contributed by atoms with Crippen molar-refractivity contribution in [1.29, 1.82) is 0 Å². The summed E-state index contributed by atoms with van der Waals surface area (Å²) in [5.41, 5.74) is 3.02. The Morgan fingerprint density at radius 3 is 3.11 bits per heavy atom. The number of hydrogen-bond donors (Lipinski definition) is 1. The van der Waals surface area contributed by atoms with E-state index in [4.69, 9.17) is 0 Å². The summed E-state index contributed by atoms with van der Waals surface area (Å²) in [5, 5.41) is 2.95. The highest BCUT2D eigenvalue weighted by atomic mass is 16.2. The SMILES string of the molecule is Cc1ccn2cc(CNC(=O)C3CC3C)nc2c1. The third-order valence-corrected chi connectivity index (χ3v) is 3.56. The van der Waals surface area contributed by atoms with Crippen molar-refractivity contribution in [3.05, 3.63) is 35.8 Å². The minimum Gasteiger partial charge on any atom is -0.350 e. The van der Waals surface area contributed by atoms with Gasteiger partial charge in [-0.15, -0.1) is 0 Å². The van der Waals surface area contributed by atoms with E-state index in [1.54, 1.807) is 0 Å². The van der Waals surface area contributed by atoms with Gasteiger partial charge in [-0.2, -0.15) is 0 Å². The molecule has 4 nitrogen and oxygen atoms in total. The van der Waals surface area contributed by atoms with Crippen LogP contribution in [0.15, 0.2) is 24.5 Å². The van der Waals surface area contributed by atoms with Crippen LogP contribution in [0.1, 0.15) is 24.6 Å². The molecule has 1 N–H and O–H groups in total. The average Bonchev–Trinajstić information content (AvgIpc) is 2.92. The minimum atomic E-state index is 0.163. The smallest absolute Gasteiger partial charge is 0.223 e. The largest absolute Gasteiger partial charge is 0.350 e. The molecule has 2 heterocycles. The number of pyridine rings is 1. The van der Waals surface area contributed by atoms with Crippen molar-refractivity contribution in [2.75, 3.05) is 0 Å². The summed E-state index contributed by atoms with van der Waals surface area (Å²) in [6, 6.07) is 4.08. The van der Waals surface area contributed by atoms with Crippen LogP contribution < -0.4 is 5.32 Å². The Balaban J connectivity index is 1.69. The molecule has 1 saturated carbocycles. The van der Waals surface area contributed by atoms with Crippen LogP contribution in [0.5, 0.6) is 0 Å². The molecular weight excluding hydrogens is 226 g/mol. The molecule has 4 heteroatoms. The van der Waals surface area contributed by atoms with E-state index in [2.05, 4.69) is 17.2 Å². The maximum atomic E-state index is 11.7. The normalized spacial score (nSPS) is 22.1. The monoisotopic (exact) mass is 243 g/mol. The molecule has 0 spiro atoms. The molecule has 2 unspecified atom stereocenters. The summed E-state index contributed by atoms with van der Waals surface area (Å²) in [6.07, 6.45) is 4.98. The Labute approximate surface area is 106 Å². The summed E-state index contributed by atoms with van der Waals surface area (Å²) in [4.78, 5) is 16.2. The van der Waals surface area contributed by atoms with Gasteiger partial charge in [-0.05, 0) is 37.0 Å². The molecular formula is C14H17N3O. The lowest BCUT2D eigenvalue weighted by atomic mass is 10.3. The molecule has 1 aliphatic rings. The number of amides is 1. The van der Waals surface area contributed by atoms with Crippen molar-refractivity contribution >= 4 is 11.6 Å². The second-order valence-corrected chi connectivity index (χ2v) is 5.24. The van der Waals surface area contributed by atoms with Gasteiger partial charge in [0.25, 0.3) is 0 Å². The topological polar surface area (TPSA) is 46.4 Å². The molecule has 3 rings (SSSR count).